The number of aliphatic hydroxyl groups is 2. The molecule has 1 amide bonds. The van der Waals surface area contributed by atoms with Crippen molar-refractivity contribution < 1.29 is 24.5 Å². The van der Waals surface area contributed by atoms with Crippen molar-refractivity contribution in [1.82, 2.24) is 5.32 Å². The topological polar surface area (TPSA) is 95.9 Å². The molecule has 0 aliphatic carbocycles. The standard InChI is InChI=1S/C47H87NO5/c1-4-7-10-13-16-19-22-23-25-27-30-33-36-39-45(50)44(42-49)48-46(51)41-43(38-35-32-29-26-24-20-17-14-11-8-5-2)53-47(52)40-37-34-31-28-21-18-15-12-9-6-3/h12,15,26,29,35,38,43-45,49-50H,4-11,13-14,16-25,27-28,30-34,36-37,39-42H2,1-3H3,(H,48,51)/b15-12-,29-26-,38-35+. The van der Waals surface area contributed by atoms with Gasteiger partial charge in [0.25, 0.3) is 0 Å². The van der Waals surface area contributed by atoms with Gasteiger partial charge in [0.15, 0.2) is 0 Å². The van der Waals surface area contributed by atoms with Crippen molar-refractivity contribution in [3.05, 3.63) is 36.5 Å². The summed E-state index contributed by atoms with van der Waals surface area (Å²) >= 11 is 0. The van der Waals surface area contributed by atoms with E-state index < -0.39 is 18.2 Å². The molecule has 6 nitrogen and oxygen atoms in total. The molecule has 0 aromatic carbocycles. The van der Waals surface area contributed by atoms with Gasteiger partial charge in [-0.3, -0.25) is 9.59 Å². The molecule has 0 rings (SSSR count). The van der Waals surface area contributed by atoms with E-state index in [2.05, 4.69) is 50.4 Å². The zero-order valence-corrected chi connectivity index (χ0v) is 35.1. The highest BCUT2D eigenvalue weighted by Gasteiger charge is 2.23. The van der Waals surface area contributed by atoms with E-state index in [-0.39, 0.29) is 24.9 Å². The maximum absolute atomic E-state index is 13.1. The van der Waals surface area contributed by atoms with Crippen molar-refractivity contribution in [2.24, 2.45) is 0 Å². The molecule has 0 bridgehead atoms. The van der Waals surface area contributed by atoms with Crippen LogP contribution in [0.25, 0.3) is 0 Å². The normalized spacial score (nSPS) is 13.7. The molecule has 53 heavy (non-hydrogen) atoms. The summed E-state index contributed by atoms with van der Waals surface area (Å²) in [6.07, 6.45) is 46.6. The number of ether oxygens (including phenoxy) is 1. The molecule has 0 aromatic rings. The molecule has 3 N–H and O–H groups in total. The first-order valence-corrected chi connectivity index (χ1v) is 22.7. The van der Waals surface area contributed by atoms with Gasteiger partial charge in [-0.05, 0) is 57.4 Å². The van der Waals surface area contributed by atoms with Gasteiger partial charge < -0.3 is 20.3 Å². The highest BCUT2D eigenvalue weighted by atomic mass is 16.5. The first-order valence-electron chi connectivity index (χ1n) is 22.7. The molecule has 0 aliphatic heterocycles. The Balaban J connectivity index is 4.65. The van der Waals surface area contributed by atoms with Gasteiger partial charge in [0.2, 0.25) is 5.91 Å². The van der Waals surface area contributed by atoms with Gasteiger partial charge in [0, 0.05) is 6.42 Å². The van der Waals surface area contributed by atoms with Crippen molar-refractivity contribution in [2.45, 2.75) is 244 Å². The number of allylic oxidation sites excluding steroid dienone is 5. The van der Waals surface area contributed by atoms with Crippen molar-refractivity contribution >= 4 is 11.9 Å². The van der Waals surface area contributed by atoms with Gasteiger partial charge >= 0.3 is 5.97 Å². The van der Waals surface area contributed by atoms with Gasteiger partial charge in [-0.15, -0.1) is 0 Å². The van der Waals surface area contributed by atoms with Gasteiger partial charge in [-0.2, -0.15) is 0 Å². The number of hydrogen-bond donors (Lipinski definition) is 3. The predicted octanol–water partition coefficient (Wildman–Crippen LogP) is 12.9. The van der Waals surface area contributed by atoms with Crippen LogP contribution in [0.1, 0.15) is 226 Å². The second-order valence-corrected chi connectivity index (χ2v) is 15.4. The van der Waals surface area contributed by atoms with Crippen LogP contribution >= 0.6 is 0 Å². The Morgan fingerprint density at radius 3 is 1.57 bits per heavy atom. The summed E-state index contributed by atoms with van der Waals surface area (Å²) in [5.74, 6) is -0.614. The van der Waals surface area contributed by atoms with E-state index in [1.165, 1.54) is 122 Å². The fourth-order valence-corrected chi connectivity index (χ4v) is 6.69. The Morgan fingerprint density at radius 1 is 0.566 bits per heavy atom. The van der Waals surface area contributed by atoms with Crippen LogP contribution in [0.4, 0.5) is 0 Å². The number of rotatable bonds is 40. The summed E-state index contributed by atoms with van der Waals surface area (Å²) in [5.41, 5.74) is 0. The third kappa shape index (κ3) is 36.8. The van der Waals surface area contributed by atoms with E-state index in [1.807, 2.05) is 12.2 Å². The molecule has 6 heteroatoms. The average molecular weight is 746 g/mol. The maximum atomic E-state index is 13.1. The number of aliphatic hydroxyl groups excluding tert-OH is 2. The van der Waals surface area contributed by atoms with E-state index in [9.17, 15) is 19.8 Å². The number of nitrogens with one attached hydrogen (secondary N) is 1. The first kappa shape index (κ1) is 51.1. The summed E-state index contributed by atoms with van der Waals surface area (Å²) in [5, 5.41) is 23.6. The van der Waals surface area contributed by atoms with Crippen LogP contribution in [-0.4, -0.2) is 46.9 Å². The molecule has 0 heterocycles. The van der Waals surface area contributed by atoms with Crippen molar-refractivity contribution in [3.63, 3.8) is 0 Å². The Bertz CT molecular complexity index is 884. The fourth-order valence-electron chi connectivity index (χ4n) is 6.69. The molecule has 0 radical (unpaired) electrons. The van der Waals surface area contributed by atoms with Crippen LogP contribution in [0.3, 0.4) is 0 Å². The van der Waals surface area contributed by atoms with Gasteiger partial charge in [-0.25, -0.2) is 0 Å². The average Bonchev–Trinajstić information content (AvgIpc) is 3.15. The molecule has 0 saturated heterocycles. The molecule has 0 aromatic heterocycles. The minimum Gasteiger partial charge on any atom is -0.458 e. The second kappa shape index (κ2) is 41.2. The van der Waals surface area contributed by atoms with Crippen LogP contribution < -0.4 is 5.32 Å². The molecule has 3 unspecified atom stereocenters. The molecule has 0 aliphatic rings. The van der Waals surface area contributed by atoms with Gasteiger partial charge in [0.05, 0.1) is 25.2 Å². The predicted molar refractivity (Wildman–Crippen MR) is 227 cm³/mol. The number of carbonyl (C=O) groups is 2. The zero-order valence-electron chi connectivity index (χ0n) is 35.1. The van der Waals surface area contributed by atoms with E-state index in [4.69, 9.17) is 4.74 Å². The number of esters is 1. The third-order valence-corrected chi connectivity index (χ3v) is 10.2. The van der Waals surface area contributed by atoms with Crippen LogP contribution in [-0.2, 0) is 14.3 Å². The SMILES string of the molecule is CCC/C=C\CCCCCCCC(=O)OC(/C=C/C/C=C\CCCCCCCC)CC(=O)NC(CO)C(O)CCCCCCCCCCCCCCC. The number of unbranched alkanes of at least 4 members (excludes halogenated alkanes) is 24. The molecular weight excluding hydrogens is 659 g/mol. The Hall–Kier alpha value is -1.92. The quantitative estimate of drug-likeness (QED) is 0.0330. The van der Waals surface area contributed by atoms with Gasteiger partial charge in [0.1, 0.15) is 6.10 Å². The van der Waals surface area contributed by atoms with Gasteiger partial charge in [-0.1, -0.05) is 192 Å². The smallest absolute Gasteiger partial charge is 0.306 e. The summed E-state index contributed by atoms with van der Waals surface area (Å²) < 4.78 is 5.78. The molecule has 0 spiro atoms. The third-order valence-electron chi connectivity index (χ3n) is 10.2. The molecule has 0 saturated carbocycles. The monoisotopic (exact) mass is 746 g/mol. The summed E-state index contributed by atoms with van der Waals surface area (Å²) in [4.78, 5) is 25.8. The fraction of sp³-hybridized carbons (Fsp3) is 0.830. The number of amides is 1. The Labute approximate surface area is 328 Å². The van der Waals surface area contributed by atoms with Crippen LogP contribution in [0, 0.1) is 0 Å². The molecule has 3 atom stereocenters. The Kier molecular flexibility index (Phi) is 39.8. The molecule has 310 valence electrons. The van der Waals surface area contributed by atoms with E-state index >= 15 is 0 Å². The van der Waals surface area contributed by atoms with Crippen LogP contribution in [0.5, 0.6) is 0 Å². The minimum absolute atomic E-state index is 0.0305. The summed E-state index contributed by atoms with van der Waals surface area (Å²) in [6, 6.07) is -0.729. The molecular formula is C47H87NO5. The van der Waals surface area contributed by atoms with Crippen molar-refractivity contribution in [2.75, 3.05) is 6.61 Å². The Morgan fingerprint density at radius 2 is 1.04 bits per heavy atom. The maximum Gasteiger partial charge on any atom is 0.306 e. The minimum atomic E-state index is -0.808. The van der Waals surface area contributed by atoms with E-state index in [0.717, 1.165) is 64.2 Å². The van der Waals surface area contributed by atoms with Crippen LogP contribution in [0.2, 0.25) is 0 Å². The highest BCUT2D eigenvalue weighted by molar-refractivity contribution is 5.78. The van der Waals surface area contributed by atoms with Crippen molar-refractivity contribution in [3.8, 4) is 0 Å². The number of carbonyl (C=O) groups excluding carboxylic acids is 2. The summed E-state index contributed by atoms with van der Waals surface area (Å²) in [7, 11) is 0. The lowest BCUT2D eigenvalue weighted by atomic mass is 10.0. The van der Waals surface area contributed by atoms with E-state index in [1.54, 1.807) is 0 Å². The van der Waals surface area contributed by atoms with Crippen LogP contribution in [0.15, 0.2) is 36.5 Å². The van der Waals surface area contributed by atoms with Crippen molar-refractivity contribution in [1.29, 1.82) is 0 Å². The lowest BCUT2D eigenvalue weighted by Crippen LogP contribution is -2.46. The van der Waals surface area contributed by atoms with E-state index in [0.29, 0.717) is 12.8 Å². The first-order chi connectivity index (χ1) is 26.0. The lowest BCUT2D eigenvalue weighted by molar-refractivity contribution is -0.148. The second-order valence-electron chi connectivity index (χ2n) is 15.4. The zero-order chi connectivity index (χ0) is 38.9. The largest absolute Gasteiger partial charge is 0.458 e. The summed E-state index contributed by atoms with van der Waals surface area (Å²) in [6.45, 7) is 6.36. The number of hydrogen-bond acceptors (Lipinski definition) is 5. The molecule has 0 fully saturated rings. The lowest BCUT2D eigenvalue weighted by Gasteiger charge is -2.23. The highest BCUT2D eigenvalue weighted by Crippen LogP contribution is 2.15.